The number of alkyl halides is 3. The first-order valence-electron chi connectivity index (χ1n) is 18.2. The zero-order valence-electron chi connectivity index (χ0n) is 31.3. The SMILES string of the molecule is COc1cc(O)c(C2C3=CCC4C(=O)N(N(C)c5nc(C(F)(F)F)ccc5Cl)C(=O)C4C3CC3C(=O)N(Nc4ccc(F)cc4)C(=O)C32c2ccc(Cl)cc2)c(OC)c1. The van der Waals surface area contributed by atoms with Crippen LogP contribution in [-0.4, -0.2) is 65.0 Å². The molecule has 6 unspecified atom stereocenters. The Bertz CT molecular complexity index is 2450. The number of ether oxygens (including phenoxy) is 2. The van der Waals surface area contributed by atoms with Crippen molar-refractivity contribution in [1.29, 1.82) is 0 Å². The van der Waals surface area contributed by atoms with E-state index in [9.17, 15) is 37.1 Å². The van der Waals surface area contributed by atoms with Crippen LogP contribution in [0, 0.1) is 29.5 Å². The van der Waals surface area contributed by atoms with Crippen LogP contribution in [0.25, 0.3) is 0 Å². The highest BCUT2D eigenvalue weighted by atomic mass is 35.5. The Balaban J connectivity index is 1.32. The standard InChI is InChI=1S/C41H33Cl2F4N5O7/c1-50(35-28(43)14-15-31(48-35)41(45,46)47)52-36(54)25-13-12-24-26(32(25)38(52)56)18-27-37(55)51(49-22-10-8-21(44)9-11-22)39(57)40(27,19-4-6-20(42)7-5-19)34(24)33-29(53)16-23(58-2)17-30(33)59-3/h4-12,14-17,25-27,32,34,49,53H,13,18H2,1-3H3. The second-order valence-electron chi connectivity index (χ2n) is 14.6. The first-order valence-corrected chi connectivity index (χ1v) is 18.9. The summed E-state index contributed by atoms with van der Waals surface area (Å²) in [6.45, 7) is 0. The molecule has 0 radical (unpaired) electrons. The number of benzene rings is 3. The zero-order valence-corrected chi connectivity index (χ0v) is 32.8. The molecule has 2 aliphatic carbocycles. The molecule has 6 atom stereocenters. The van der Waals surface area contributed by atoms with Gasteiger partial charge in [-0.3, -0.25) is 29.6 Å². The Morgan fingerprint density at radius 3 is 2.25 bits per heavy atom. The van der Waals surface area contributed by atoms with Crippen LogP contribution in [0.5, 0.6) is 17.2 Å². The van der Waals surface area contributed by atoms with E-state index in [-0.39, 0.29) is 46.4 Å². The maximum absolute atomic E-state index is 15.4. The fourth-order valence-electron chi connectivity index (χ4n) is 9.32. The summed E-state index contributed by atoms with van der Waals surface area (Å²) in [6, 6.07) is 15.7. The quantitative estimate of drug-likeness (QED) is 0.105. The van der Waals surface area contributed by atoms with E-state index in [1.807, 2.05) is 0 Å². The molecule has 0 spiro atoms. The van der Waals surface area contributed by atoms with Crippen molar-refractivity contribution >= 4 is 58.3 Å². The number of methoxy groups -OCH3 is 2. The molecule has 18 heteroatoms. The smallest absolute Gasteiger partial charge is 0.433 e. The summed E-state index contributed by atoms with van der Waals surface area (Å²) in [5, 5.41) is 14.4. The highest BCUT2D eigenvalue weighted by molar-refractivity contribution is 6.33. The van der Waals surface area contributed by atoms with Gasteiger partial charge in [0.15, 0.2) is 5.82 Å². The lowest BCUT2D eigenvalue weighted by atomic mass is 9.49. The molecular formula is C41H33Cl2F4N5O7. The Kier molecular flexibility index (Phi) is 9.78. The maximum atomic E-state index is 15.4. The number of pyridine rings is 1. The number of anilines is 2. The summed E-state index contributed by atoms with van der Waals surface area (Å²) in [6.07, 6.45) is -3.38. The second-order valence-corrected chi connectivity index (χ2v) is 15.5. The van der Waals surface area contributed by atoms with E-state index >= 15 is 4.79 Å². The largest absolute Gasteiger partial charge is 0.507 e. The number of rotatable bonds is 8. The second kappa shape index (κ2) is 14.4. The lowest BCUT2D eigenvalue weighted by Gasteiger charge is -2.50. The molecule has 2 saturated heterocycles. The van der Waals surface area contributed by atoms with E-state index in [0.717, 1.165) is 28.2 Å². The molecule has 59 heavy (non-hydrogen) atoms. The number of carbonyl (C=O) groups excluding carboxylic acids is 4. The number of fused-ring (bicyclic) bond motifs is 4. The average Bonchev–Trinajstić information content (AvgIpc) is 3.58. The van der Waals surface area contributed by atoms with Gasteiger partial charge < -0.3 is 14.6 Å². The predicted molar refractivity (Wildman–Crippen MR) is 205 cm³/mol. The van der Waals surface area contributed by atoms with Crippen molar-refractivity contribution in [2.45, 2.75) is 30.4 Å². The molecular weight excluding hydrogens is 821 g/mol. The number of aromatic nitrogens is 1. The molecule has 8 rings (SSSR count). The first kappa shape index (κ1) is 39.9. The van der Waals surface area contributed by atoms with Gasteiger partial charge in [0.2, 0.25) is 0 Å². The number of hydrogen-bond donors (Lipinski definition) is 2. The number of halogens is 6. The monoisotopic (exact) mass is 853 g/mol. The fraction of sp³-hybridized carbons (Fsp3) is 0.293. The summed E-state index contributed by atoms with van der Waals surface area (Å²) in [4.78, 5) is 62.9. The van der Waals surface area contributed by atoms with Crippen molar-refractivity contribution < 1.29 is 51.3 Å². The van der Waals surface area contributed by atoms with Crippen molar-refractivity contribution in [2.24, 2.45) is 23.7 Å². The molecule has 1 aromatic heterocycles. The van der Waals surface area contributed by atoms with Crippen LogP contribution in [0.2, 0.25) is 10.0 Å². The van der Waals surface area contributed by atoms with Gasteiger partial charge >= 0.3 is 6.18 Å². The van der Waals surface area contributed by atoms with Crippen molar-refractivity contribution in [3.8, 4) is 17.2 Å². The third-order valence-corrected chi connectivity index (χ3v) is 12.3. The average molecular weight is 855 g/mol. The van der Waals surface area contributed by atoms with Gasteiger partial charge in [0.25, 0.3) is 23.6 Å². The zero-order chi connectivity index (χ0) is 42.3. The van der Waals surface area contributed by atoms with Crippen LogP contribution >= 0.6 is 23.2 Å². The van der Waals surface area contributed by atoms with Gasteiger partial charge in [-0.15, -0.1) is 0 Å². The van der Waals surface area contributed by atoms with Crippen LogP contribution in [0.1, 0.15) is 35.6 Å². The third-order valence-electron chi connectivity index (χ3n) is 11.8. The first-order chi connectivity index (χ1) is 28.0. The van der Waals surface area contributed by atoms with E-state index in [0.29, 0.717) is 27.2 Å². The lowest BCUT2D eigenvalue weighted by molar-refractivity contribution is -0.142. The third kappa shape index (κ3) is 6.13. The minimum atomic E-state index is -4.86. The van der Waals surface area contributed by atoms with E-state index in [2.05, 4.69) is 10.4 Å². The topological polar surface area (TPSA) is 142 Å². The van der Waals surface area contributed by atoms with Gasteiger partial charge in [-0.1, -0.05) is 47.0 Å². The van der Waals surface area contributed by atoms with Crippen molar-refractivity contribution in [3.63, 3.8) is 0 Å². The number of hydrazine groups is 2. The molecule has 12 nitrogen and oxygen atoms in total. The molecule has 4 aliphatic rings. The van der Waals surface area contributed by atoms with Gasteiger partial charge in [-0.2, -0.15) is 23.2 Å². The van der Waals surface area contributed by atoms with Gasteiger partial charge in [-0.05, 0) is 72.9 Å². The van der Waals surface area contributed by atoms with Gasteiger partial charge in [-0.25, -0.2) is 9.37 Å². The molecule has 2 N–H and O–H groups in total. The van der Waals surface area contributed by atoms with Gasteiger partial charge in [0, 0.05) is 35.7 Å². The number of hydrogen-bond acceptors (Lipinski definition) is 10. The predicted octanol–water partition coefficient (Wildman–Crippen LogP) is 7.31. The molecule has 4 amide bonds. The van der Waals surface area contributed by atoms with Crippen molar-refractivity contribution in [3.05, 3.63) is 117 Å². The number of imide groups is 2. The number of aromatic hydroxyl groups is 1. The number of phenolic OH excluding ortho intramolecular Hbond substituents is 1. The highest BCUT2D eigenvalue weighted by Gasteiger charge is 2.71. The van der Waals surface area contributed by atoms with Crippen molar-refractivity contribution in [1.82, 2.24) is 15.0 Å². The van der Waals surface area contributed by atoms with Gasteiger partial charge in [0.05, 0.1) is 48.1 Å². The fourth-order valence-corrected chi connectivity index (χ4v) is 9.68. The van der Waals surface area contributed by atoms with Crippen molar-refractivity contribution in [2.75, 3.05) is 31.7 Å². The normalized spacial score (nSPS) is 25.0. The summed E-state index contributed by atoms with van der Waals surface area (Å²) >= 11 is 12.7. The Hall–Kier alpha value is -5.87. The molecule has 3 aromatic carbocycles. The van der Waals surface area contributed by atoms with Crippen LogP contribution < -0.4 is 19.9 Å². The Morgan fingerprint density at radius 1 is 0.915 bits per heavy atom. The van der Waals surface area contributed by atoms with E-state index in [4.69, 9.17) is 32.7 Å². The number of phenols is 1. The van der Waals surface area contributed by atoms with Crippen LogP contribution in [-0.2, 0) is 30.8 Å². The number of nitrogens with zero attached hydrogens (tertiary/aromatic N) is 4. The Labute approximate surface area is 343 Å². The molecule has 3 heterocycles. The molecule has 2 aliphatic heterocycles. The maximum Gasteiger partial charge on any atom is 0.433 e. The van der Waals surface area contributed by atoms with E-state index in [1.165, 1.54) is 45.5 Å². The number of allylic oxidation sites excluding steroid dienone is 2. The van der Waals surface area contributed by atoms with Crippen LogP contribution in [0.4, 0.5) is 29.1 Å². The summed E-state index contributed by atoms with van der Waals surface area (Å²) in [5.41, 5.74) is 0.730. The molecule has 4 aromatic rings. The lowest BCUT2D eigenvalue weighted by Crippen LogP contribution is -2.53. The minimum absolute atomic E-state index is 0.0635. The number of amides is 4. The van der Waals surface area contributed by atoms with Crippen LogP contribution in [0.15, 0.2) is 84.4 Å². The number of carbonyl (C=O) groups is 4. The summed E-state index contributed by atoms with van der Waals surface area (Å²) in [7, 11) is 3.92. The molecule has 0 bridgehead atoms. The molecule has 3 fully saturated rings. The Morgan fingerprint density at radius 2 is 1.61 bits per heavy atom. The summed E-state index contributed by atoms with van der Waals surface area (Å²) in [5.74, 6) is -9.85. The highest BCUT2D eigenvalue weighted by Crippen LogP contribution is 2.66. The number of nitrogens with one attached hydrogen (secondary N) is 1. The van der Waals surface area contributed by atoms with Crippen LogP contribution in [0.3, 0.4) is 0 Å². The van der Waals surface area contributed by atoms with Gasteiger partial charge in [0.1, 0.15) is 28.8 Å². The van der Waals surface area contributed by atoms with E-state index in [1.54, 1.807) is 30.3 Å². The molecule has 306 valence electrons. The summed E-state index contributed by atoms with van der Waals surface area (Å²) < 4.78 is 66.4. The molecule has 1 saturated carbocycles. The van der Waals surface area contributed by atoms with E-state index < -0.39 is 82.1 Å². The minimum Gasteiger partial charge on any atom is -0.507 e.